The number of aryl methyl sites for hydroxylation is 1. The predicted octanol–water partition coefficient (Wildman–Crippen LogP) is 6.17. The number of hydrogen-bond donors (Lipinski definition) is 0. The fourth-order valence-corrected chi connectivity index (χ4v) is 5.76. The topological polar surface area (TPSA) is 66.8 Å². The Morgan fingerprint density at radius 1 is 0.973 bits per heavy atom. The molecule has 5 nitrogen and oxygen atoms in total. The zero-order valence-corrected chi connectivity index (χ0v) is 21.3. The molecule has 202 valence electrons. The van der Waals surface area contributed by atoms with E-state index in [0.29, 0.717) is 12.1 Å². The first-order valence-electron chi connectivity index (χ1n) is 10.4. The summed E-state index contributed by atoms with van der Waals surface area (Å²) in [6, 6.07) is 5.64. The summed E-state index contributed by atoms with van der Waals surface area (Å²) in [4.78, 5) is 18.6. The third-order valence-corrected chi connectivity index (χ3v) is 7.07. The van der Waals surface area contributed by atoms with E-state index in [1.165, 1.54) is 32.0 Å². The second-order valence-electron chi connectivity index (χ2n) is 9.28. The Hall–Kier alpha value is -2.67. The molecule has 2 aromatic carbocycles. The van der Waals surface area contributed by atoms with Crippen molar-refractivity contribution < 1.29 is 43.9 Å². The molecule has 0 aromatic heterocycles. The van der Waals surface area contributed by atoms with Crippen molar-refractivity contribution in [1.82, 2.24) is 0 Å². The number of fused-ring (bicyclic) bond motifs is 1. The van der Waals surface area contributed by atoms with E-state index in [-0.39, 0.29) is 33.2 Å². The molecule has 2 aromatic rings. The van der Waals surface area contributed by atoms with Gasteiger partial charge in [0.1, 0.15) is 15.7 Å². The van der Waals surface area contributed by atoms with Gasteiger partial charge in [0.05, 0.1) is 27.6 Å². The molecule has 0 spiro atoms. The first-order valence-corrected chi connectivity index (χ1v) is 12.9. The van der Waals surface area contributed by atoms with Crippen LogP contribution >= 0.6 is 11.6 Å². The summed E-state index contributed by atoms with van der Waals surface area (Å²) in [5.41, 5.74) is -9.07. The van der Waals surface area contributed by atoms with Crippen LogP contribution in [0.4, 0.5) is 36.4 Å². The van der Waals surface area contributed by atoms with Crippen LogP contribution in [0.2, 0.25) is 5.02 Å². The van der Waals surface area contributed by atoms with E-state index in [1.54, 1.807) is 0 Å². The molecular weight excluding hydrogens is 553 g/mol. The Labute approximate surface area is 212 Å². The van der Waals surface area contributed by atoms with Gasteiger partial charge in [0.2, 0.25) is 0 Å². The first kappa shape index (κ1) is 28.9. The number of nitrogens with zero attached hydrogens (tertiary/aromatic N) is 2. The summed E-state index contributed by atoms with van der Waals surface area (Å²) in [7, 11) is -3.56. The molecule has 0 atom stereocenters. The third-order valence-electron chi connectivity index (χ3n) is 5.52. The van der Waals surface area contributed by atoms with Gasteiger partial charge in [-0.05, 0) is 44.5 Å². The van der Waals surface area contributed by atoms with Crippen molar-refractivity contribution in [3.63, 3.8) is 0 Å². The number of carbonyl (C=O) groups excluding carboxylic acids is 1. The Balaban J connectivity index is 2.25. The molecular formula is C23H20ClF7N2O3S. The van der Waals surface area contributed by atoms with Crippen molar-refractivity contribution >= 4 is 38.9 Å². The zero-order chi connectivity index (χ0) is 28.4. The normalized spacial score (nSPS) is 16.5. The van der Waals surface area contributed by atoms with Crippen molar-refractivity contribution in [2.75, 3.05) is 16.9 Å². The molecule has 14 heteroatoms. The minimum absolute atomic E-state index is 0.0234. The molecule has 0 saturated heterocycles. The summed E-state index contributed by atoms with van der Waals surface area (Å²) in [5.74, 6) is -1.38. The lowest BCUT2D eigenvalue weighted by Crippen LogP contribution is -2.50. The van der Waals surface area contributed by atoms with E-state index in [2.05, 4.69) is 4.99 Å². The highest BCUT2D eigenvalue weighted by atomic mass is 35.5. The molecule has 0 saturated carbocycles. The lowest BCUT2D eigenvalue weighted by molar-refractivity contribution is -0.348. The highest BCUT2D eigenvalue weighted by Crippen LogP contribution is 2.53. The summed E-state index contributed by atoms with van der Waals surface area (Å²) in [5, 5.41) is 0.0495. The molecule has 1 aliphatic rings. The number of rotatable bonds is 5. The largest absolute Gasteiger partial charge is 0.435 e. The van der Waals surface area contributed by atoms with E-state index in [1.807, 2.05) is 0 Å². The number of amides is 1. The van der Waals surface area contributed by atoms with Crippen LogP contribution in [-0.4, -0.2) is 50.1 Å². The summed E-state index contributed by atoms with van der Waals surface area (Å²) in [6.45, 7) is 4.01. The van der Waals surface area contributed by atoms with Crippen molar-refractivity contribution in [2.45, 2.75) is 44.3 Å². The third kappa shape index (κ3) is 5.20. The molecule has 0 aliphatic carbocycles. The van der Waals surface area contributed by atoms with Crippen LogP contribution in [0.1, 0.15) is 40.9 Å². The van der Waals surface area contributed by atoms with Crippen LogP contribution in [0.5, 0.6) is 0 Å². The number of amidine groups is 1. The van der Waals surface area contributed by atoms with Crippen LogP contribution in [0.15, 0.2) is 41.4 Å². The van der Waals surface area contributed by atoms with Crippen molar-refractivity contribution in [2.24, 2.45) is 4.99 Å². The highest BCUT2D eigenvalue weighted by Gasteiger charge is 2.73. The van der Waals surface area contributed by atoms with Crippen LogP contribution in [0.3, 0.4) is 0 Å². The van der Waals surface area contributed by atoms with Crippen LogP contribution < -0.4 is 4.90 Å². The number of benzene rings is 2. The number of carbonyl (C=O) groups is 1. The number of alkyl halides is 7. The Bertz CT molecular complexity index is 1390. The zero-order valence-electron chi connectivity index (χ0n) is 19.7. The maximum Gasteiger partial charge on any atom is 0.435 e. The average Bonchev–Trinajstić information content (AvgIpc) is 2.96. The second kappa shape index (κ2) is 8.97. The highest BCUT2D eigenvalue weighted by molar-refractivity contribution is 7.90. The van der Waals surface area contributed by atoms with Crippen LogP contribution in [-0.2, 0) is 15.5 Å². The van der Waals surface area contributed by atoms with Crippen LogP contribution in [0.25, 0.3) is 0 Å². The number of sulfone groups is 1. The maximum atomic E-state index is 14.6. The van der Waals surface area contributed by atoms with Gasteiger partial charge in [0.15, 0.2) is 0 Å². The number of hydrogen-bond acceptors (Lipinski definition) is 4. The summed E-state index contributed by atoms with van der Waals surface area (Å²) < 4.78 is 118. The molecule has 1 amide bonds. The van der Waals surface area contributed by atoms with Crippen molar-refractivity contribution in [3.05, 3.63) is 63.7 Å². The van der Waals surface area contributed by atoms with Gasteiger partial charge < -0.3 is 0 Å². The number of halogens is 8. The molecule has 0 N–H and O–H groups in total. The predicted molar refractivity (Wildman–Crippen MR) is 125 cm³/mol. The van der Waals surface area contributed by atoms with Crippen LogP contribution in [0, 0.1) is 6.92 Å². The SMILES string of the molecule is Cc1cc(C(F)(C(F)(F)F)C(F)(F)F)ccc1N1C(=O)c2cccc(Cl)c2C1=NC(C)(C)CS(C)(=O)=O. The quantitative estimate of drug-likeness (QED) is 0.403. The number of aliphatic imine (C=N–C) groups is 1. The fourth-order valence-electron chi connectivity index (χ4n) is 4.16. The smallest absolute Gasteiger partial charge is 0.268 e. The van der Waals surface area contributed by atoms with E-state index < -0.39 is 50.6 Å². The standard InChI is InChI=1S/C23H20ClF7N2O3S/c1-12-10-13(21(25,22(26,27)28)23(29,30)31)8-9-16(12)33-18(32-20(2,3)11-37(4,35)36)17-14(19(33)34)6-5-7-15(17)24/h5-10H,11H2,1-4H3. The Morgan fingerprint density at radius 3 is 2.03 bits per heavy atom. The van der Waals surface area contributed by atoms with Gasteiger partial charge in [0, 0.05) is 17.4 Å². The molecule has 0 radical (unpaired) electrons. The van der Waals surface area contributed by atoms with E-state index in [9.17, 15) is 43.9 Å². The molecule has 0 unspecified atom stereocenters. The van der Waals surface area contributed by atoms with Gasteiger partial charge in [-0.1, -0.05) is 29.8 Å². The molecule has 1 aliphatic heterocycles. The molecule has 0 bridgehead atoms. The number of anilines is 1. The average molecular weight is 573 g/mol. The van der Waals surface area contributed by atoms with Crippen molar-refractivity contribution in [3.8, 4) is 0 Å². The van der Waals surface area contributed by atoms with E-state index in [4.69, 9.17) is 11.6 Å². The minimum atomic E-state index is -6.31. The van der Waals surface area contributed by atoms with Gasteiger partial charge in [-0.15, -0.1) is 0 Å². The van der Waals surface area contributed by atoms with E-state index >= 15 is 0 Å². The minimum Gasteiger partial charge on any atom is -0.268 e. The van der Waals surface area contributed by atoms with Gasteiger partial charge in [0.25, 0.3) is 5.91 Å². The van der Waals surface area contributed by atoms with Gasteiger partial charge in [-0.3, -0.25) is 14.7 Å². The molecule has 3 rings (SSSR count). The van der Waals surface area contributed by atoms with Gasteiger partial charge in [-0.25, -0.2) is 12.8 Å². The summed E-state index contributed by atoms with van der Waals surface area (Å²) >= 11 is 6.29. The van der Waals surface area contributed by atoms with Crippen molar-refractivity contribution in [1.29, 1.82) is 0 Å². The second-order valence-corrected chi connectivity index (χ2v) is 11.8. The van der Waals surface area contributed by atoms with Gasteiger partial charge in [-0.2, -0.15) is 26.3 Å². The lowest BCUT2D eigenvalue weighted by atomic mass is 9.92. The van der Waals surface area contributed by atoms with E-state index in [0.717, 1.165) is 24.1 Å². The molecule has 1 heterocycles. The first-order chi connectivity index (χ1) is 16.6. The molecule has 37 heavy (non-hydrogen) atoms. The monoisotopic (exact) mass is 572 g/mol. The summed E-state index contributed by atoms with van der Waals surface area (Å²) in [6.07, 6.45) is -11.6. The molecule has 0 fully saturated rings. The van der Waals surface area contributed by atoms with Gasteiger partial charge >= 0.3 is 18.0 Å². The Morgan fingerprint density at radius 2 is 1.54 bits per heavy atom. The fraction of sp³-hybridized carbons (Fsp3) is 0.391. The maximum absolute atomic E-state index is 14.6. The lowest BCUT2D eigenvalue weighted by Gasteiger charge is -2.31. The Kier molecular flexibility index (Phi) is 7.00.